The van der Waals surface area contributed by atoms with E-state index in [0.717, 1.165) is 27.7 Å². The highest BCUT2D eigenvalue weighted by Gasteiger charge is 2.17. The van der Waals surface area contributed by atoms with E-state index in [1.165, 1.54) is 21.7 Å². The number of hydrogen-bond acceptors (Lipinski definition) is 3. The number of hydrogen-bond donors (Lipinski definition) is 0. The number of aryl methyl sites for hydroxylation is 2. The van der Waals surface area contributed by atoms with E-state index in [0.29, 0.717) is 12.1 Å². The van der Waals surface area contributed by atoms with E-state index < -0.39 is 0 Å². The van der Waals surface area contributed by atoms with Gasteiger partial charge in [-0.15, -0.1) is 11.3 Å². The van der Waals surface area contributed by atoms with Gasteiger partial charge in [-0.1, -0.05) is 12.1 Å². The van der Waals surface area contributed by atoms with Crippen molar-refractivity contribution in [1.29, 1.82) is 0 Å². The molecule has 0 unspecified atom stereocenters. The number of thiophene rings is 1. The zero-order valence-electron chi connectivity index (χ0n) is 13.4. The molecular formula is C18H16FN3OS. The standard InChI is InChI=1S/C18H16FN3OS/c1-3-21-15-8-11(2)24-17(15)14-9-20-22(18(23)16(14)21)10-12-4-6-13(19)7-5-12/h4-9H,3,10H2,1-2H3. The molecule has 0 N–H and O–H groups in total. The topological polar surface area (TPSA) is 39.8 Å². The maximum Gasteiger partial charge on any atom is 0.291 e. The maximum atomic E-state index is 13.0. The fraction of sp³-hybridized carbons (Fsp3) is 0.222. The van der Waals surface area contributed by atoms with Gasteiger partial charge < -0.3 is 4.57 Å². The molecule has 0 aliphatic rings. The Hall–Kier alpha value is -2.47. The lowest BCUT2D eigenvalue weighted by Crippen LogP contribution is -2.24. The van der Waals surface area contributed by atoms with Gasteiger partial charge in [0.25, 0.3) is 5.56 Å². The van der Waals surface area contributed by atoms with Crippen LogP contribution >= 0.6 is 11.3 Å². The molecule has 0 radical (unpaired) electrons. The Labute approximate surface area is 141 Å². The summed E-state index contributed by atoms with van der Waals surface area (Å²) < 4.78 is 17.7. The van der Waals surface area contributed by atoms with Crippen molar-refractivity contribution in [3.8, 4) is 0 Å². The van der Waals surface area contributed by atoms with Crippen molar-refractivity contribution in [3.63, 3.8) is 0 Å². The maximum absolute atomic E-state index is 13.0. The van der Waals surface area contributed by atoms with Crippen LogP contribution in [0.4, 0.5) is 4.39 Å². The van der Waals surface area contributed by atoms with Crippen LogP contribution in [0.1, 0.15) is 17.4 Å². The molecule has 0 aliphatic carbocycles. The third-order valence-corrected chi connectivity index (χ3v) is 5.29. The molecule has 0 saturated carbocycles. The third kappa shape index (κ3) is 2.26. The second-order valence-electron chi connectivity index (χ2n) is 5.81. The summed E-state index contributed by atoms with van der Waals surface area (Å²) in [6.07, 6.45) is 1.77. The van der Waals surface area contributed by atoms with Gasteiger partial charge in [0.15, 0.2) is 0 Å². The van der Waals surface area contributed by atoms with Crippen LogP contribution in [0.2, 0.25) is 0 Å². The lowest BCUT2D eigenvalue weighted by Gasteiger charge is -2.07. The Bertz CT molecular complexity index is 1110. The van der Waals surface area contributed by atoms with Gasteiger partial charge in [0.2, 0.25) is 0 Å². The third-order valence-electron chi connectivity index (χ3n) is 4.22. The summed E-state index contributed by atoms with van der Waals surface area (Å²) in [5.41, 5.74) is 2.52. The molecule has 0 spiro atoms. The Kier molecular flexibility index (Phi) is 3.49. The van der Waals surface area contributed by atoms with Gasteiger partial charge in [0.1, 0.15) is 11.3 Å². The first-order valence-corrected chi connectivity index (χ1v) is 8.63. The molecule has 6 heteroatoms. The highest BCUT2D eigenvalue weighted by Crippen LogP contribution is 2.33. The van der Waals surface area contributed by atoms with Gasteiger partial charge in [-0.3, -0.25) is 4.79 Å². The SMILES string of the molecule is CCn1c2cc(C)sc2c2cnn(Cc3ccc(F)cc3)c(=O)c21. The molecule has 1 aromatic carbocycles. The van der Waals surface area contributed by atoms with Crippen molar-refractivity contribution in [2.75, 3.05) is 0 Å². The molecule has 4 nitrogen and oxygen atoms in total. The quantitative estimate of drug-likeness (QED) is 0.566. The van der Waals surface area contributed by atoms with Gasteiger partial charge in [-0.2, -0.15) is 5.10 Å². The number of halogens is 1. The van der Waals surface area contributed by atoms with Gasteiger partial charge in [0.05, 0.1) is 23.0 Å². The molecule has 0 saturated heterocycles. The van der Waals surface area contributed by atoms with Crippen LogP contribution in [0, 0.1) is 12.7 Å². The van der Waals surface area contributed by atoms with Gasteiger partial charge in [-0.25, -0.2) is 9.07 Å². The van der Waals surface area contributed by atoms with Crippen LogP contribution in [-0.2, 0) is 13.1 Å². The fourth-order valence-corrected chi connectivity index (χ4v) is 4.15. The van der Waals surface area contributed by atoms with Gasteiger partial charge in [0, 0.05) is 16.8 Å². The van der Waals surface area contributed by atoms with Crippen molar-refractivity contribution >= 4 is 32.5 Å². The summed E-state index contributed by atoms with van der Waals surface area (Å²) >= 11 is 1.69. The van der Waals surface area contributed by atoms with E-state index in [1.54, 1.807) is 29.7 Å². The highest BCUT2D eigenvalue weighted by molar-refractivity contribution is 7.20. The monoisotopic (exact) mass is 341 g/mol. The first-order valence-electron chi connectivity index (χ1n) is 7.81. The number of aromatic nitrogens is 3. The van der Waals surface area contributed by atoms with Crippen LogP contribution in [0.3, 0.4) is 0 Å². The number of fused-ring (bicyclic) bond motifs is 3. The van der Waals surface area contributed by atoms with E-state index >= 15 is 0 Å². The lowest BCUT2D eigenvalue weighted by atomic mass is 10.2. The molecule has 0 amide bonds. The fourth-order valence-electron chi connectivity index (χ4n) is 3.12. The zero-order valence-corrected chi connectivity index (χ0v) is 14.2. The van der Waals surface area contributed by atoms with Crippen LogP contribution in [0.25, 0.3) is 21.1 Å². The van der Waals surface area contributed by atoms with Crippen LogP contribution in [0.15, 0.2) is 41.3 Å². The van der Waals surface area contributed by atoms with Crippen LogP contribution < -0.4 is 5.56 Å². The first kappa shape index (κ1) is 15.1. The predicted molar refractivity (Wildman–Crippen MR) is 95.3 cm³/mol. The van der Waals surface area contributed by atoms with E-state index in [2.05, 4.69) is 22.7 Å². The summed E-state index contributed by atoms with van der Waals surface area (Å²) in [7, 11) is 0. The first-order chi connectivity index (χ1) is 11.6. The van der Waals surface area contributed by atoms with E-state index in [-0.39, 0.29) is 11.4 Å². The largest absolute Gasteiger partial charge is 0.335 e. The zero-order chi connectivity index (χ0) is 16.8. The average molecular weight is 341 g/mol. The Morgan fingerprint density at radius 1 is 1.25 bits per heavy atom. The molecule has 4 aromatic rings. The van der Waals surface area contributed by atoms with Gasteiger partial charge >= 0.3 is 0 Å². The minimum absolute atomic E-state index is 0.111. The van der Waals surface area contributed by atoms with Crippen molar-refractivity contribution < 1.29 is 4.39 Å². The molecule has 4 rings (SSSR count). The number of benzene rings is 1. The summed E-state index contributed by atoms with van der Waals surface area (Å²) in [6.45, 7) is 5.17. The second-order valence-corrected chi connectivity index (χ2v) is 7.07. The van der Waals surface area contributed by atoms with Crippen molar-refractivity contribution in [2.45, 2.75) is 26.9 Å². The molecule has 3 heterocycles. The number of nitrogens with zero attached hydrogens (tertiary/aromatic N) is 3. The smallest absolute Gasteiger partial charge is 0.291 e. The molecule has 0 fully saturated rings. The van der Waals surface area contributed by atoms with Crippen molar-refractivity contribution in [3.05, 3.63) is 63.1 Å². The minimum Gasteiger partial charge on any atom is -0.335 e. The highest BCUT2D eigenvalue weighted by atomic mass is 32.1. The Balaban J connectivity index is 1.91. The normalized spacial score (nSPS) is 11.6. The molecule has 24 heavy (non-hydrogen) atoms. The molecule has 0 aliphatic heterocycles. The van der Waals surface area contributed by atoms with Crippen LogP contribution in [-0.4, -0.2) is 14.3 Å². The van der Waals surface area contributed by atoms with E-state index in [1.807, 2.05) is 6.92 Å². The molecule has 0 bridgehead atoms. The summed E-state index contributed by atoms with van der Waals surface area (Å²) in [5, 5.41) is 5.24. The molecule has 122 valence electrons. The second kappa shape index (κ2) is 5.56. The lowest BCUT2D eigenvalue weighted by molar-refractivity contribution is 0.619. The molecular weight excluding hydrogens is 325 g/mol. The van der Waals surface area contributed by atoms with Crippen LogP contribution in [0.5, 0.6) is 0 Å². The summed E-state index contributed by atoms with van der Waals surface area (Å²) in [6, 6.07) is 8.26. The summed E-state index contributed by atoms with van der Waals surface area (Å²) in [5.74, 6) is -0.287. The van der Waals surface area contributed by atoms with Crippen molar-refractivity contribution in [2.24, 2.45) is 0 Å². The average Bonchev–Trinajstić information content (AvgIpc) is 3.07. The van der Waals surface area contributed by atoms with Crippen molar-refractivity contribution in [1.82, 2.24) is 14.3 Å². The van der Waals surface area contributed by atoms with Gasteiger partial charge in [-0.05, 0) is 37.6 Å². The Morgan fingerprint density at radius 3 is 2.71 bits per heavy atom. The predicted octanol–water partition coefficient (Wildman–Crippen LogP) is 3.93. The molecule has 3 aromatic heterocycles. The number of rotatable bonds is 3. The Morgan fingerprint density at radius 2 is 2.00 bits per heavy atom. The van der Waals surface area contributed by atoms with E-state index in [4.69, 9.17) is 0 Å². The minimum atomic E-state index is -0.287. The summed E-state index contributed by atoms with van der Waals surface area (Å²) in [4.78, 5) is 14.2. The van der Waals surface area contributed by atoms with E-state index in [9.17, 15) is 9.18 Å². The molecule has 0 atom stereocenters.